The van der Waals surface area contributed by atoms with Crippen molar-refractivity contribution in [2.45, 2.75) is 25.5 Å². The second kappa shape index (κ2) is 6.18. The molecule has 1 aliphatic rings. The lowest BCUT2D eigenvalue weighted by molar-refractivity contribution is 0.155. The van der Waals surface area contributed by atoms with Gasteiger partial charge in [0.25, 0.3) is 0 Å². The molecule has 0 aliphatic carbocycles. The van der Waals surface area contributed by atoms with Crippen LogP contribution in [0, 0.1) is 0 Å². The van der Waals surface area contributed by atoms with Crippen LogP contribution in [0.4, 0.5) is 0 Å². The number of halogens is 2. The molecule has 0 amide bonds. The molecule has 3 rings (SSSR count). The molecule has 1 aromatic heterocycles. The minimum atomic E-state index is 0.122. The molecule has 2 heterocycles. The summed E-state index contributed by atoms with van der Waals surface area (Å²) in [5.41, 5.74) is 1.25. The van der Waals surface area contributed by atoms with Gasteiger partial charge in [-0.25, -0.2) is 0 Å². The summed E-state index contributed by atoms with van der Waals surface area (Å²) in [6, 6.07) is 10.9. The first-order chi connectivity index (χ1) is 9.67. The number of thiophene rings is 1. The van der Waals surface area contributed by atoms with Gasteiger partial charge in [0.05, 0.1) is 3.79 Å². The SMILES string of the molecule is CCNC1CC(c2ccc(Br)s2)Oc2cc(Br)ccc21. The lowest BCUT2D eigenvalue weighted by Gasteiger charge is -2.32. The quantitative estimate of drug-likeness (QED) is 0.718. The Hall–Kier alpha value is -0.360. The Morgan fingerprint density at radius 2 is 2.15 bits per heavy atom. The lowest BCUT2D eigenvalue weighted by atomic mass is 9.96. The minimum absolute atomic E-state index is 0.122. The molecule has 0 saturated carbocycles. The van der Waals surface area contributed by atoms with Crippen molar-refractivity contribution >= 4 is 43.2 Å². The zero-order chi connectivity index (χ0) is 14.1. The Balaban J connectivity index is 1.94. The smallest absolute Gasteiger partial charge is 0.135 e. The van der Waals surface area contributed by atoms with Gasteiger partial charge in [0, 0.05) is 27.4 Å². The van der Waals surface area contributed by atoms with Gasteiger partial charge in [-0.15, -0.1) is 11.3 Å². The molecule has 0 fully saturated rings. The maximum atomic E-state index is 6.21. The van der Waals surface area contributed by atoms with Gasteiger partial charge < -0.3 is 10.1 Å². The van der Waals surface area contributed by atoms with Crippen LogP contribution >= 0.6 is 43.2 Å². The topological polar surface area (TPSA) is 21.3 Å². The summed E-state index contributed by atoms with van der Waals surface area (Å²) in [4.78, 5) is 1.27. The second-order valence-electron chi connectivity index (χ2n) is 4.78. The van der Waals surface area contributed by atoms with E-state index in [0.29, 0.717) is 6.04 Å². The molecule has 20 heavy (non-hydrogen) atoms. The van der Waals surface area contributed by atoms with E-state index in [2.05, 4.69) is 74.4 Å². The highest BCUT2D eigenvalue weighted by atomic mass is 79.9. The summed E-state index contributed by atoms with van der Waals surface area (Å²) < 4.78 is 8.41. The molecule has 2 unspecified atom stereocenters. The van der Waals surface area contributed by atoms with Crippen LogP contribution < -0.4 is 10.1 Å². The van der Waals surface area contributed by atoms with Gasteiger partial charge in [0.15, 0.2) is 0 Å². The molecule has 0 bridgehead atoms. The molecule has 2 aromatic rings. The molecule has 0 spiro atoms. The van der Waals surface area contributed by atoms with Gasteiger partial charge in [0.2, 0.25) is 0 Å². The molecule has 106 valence electrons. The minimum Gasteiger partial charge on any atom is -0.484 e. The van der Waals surface area contributed by atoms with Crippen molar-refractivity contribution in [3.05, 3.63) is 49.0 Å². The van der Waals surface area contributed by atoms with Crippen molar-refractivity contribution < 1.29 is 4.74 Å². The summed E-state index contributed by atoms with van der Waals surface area (Å²) in [7, 11) is 0. The van der Waals surface area contributed by atoms with E-state index in [-0.39, 0.29) is 6.10 Å². The van der Waals surface area contributed by atoms with Crippen molar-refractivity contribution in [1.82, 2.24) is 5.32 Å². The van der Waals surface area contributed by atoms with Crippen molar-refractivity contribution in [1.29, 1.82) is 0 Å². The van der Waals surface area contributed by atoms with E-state index in [1.165, 1.54) is 10.4 Å². The van der Waals surface area contributed by atoms with E-state index in [0.717, 1.165) is 27.0 Å². The largest absolute Gasteiger partial charge is 0.484 e. The first-order valence-corrected chi connectivity index (χ1v) is 9.02. The summed E-state index contributed by atoms with van der Waals surface area (Å²) in [6.45, 7) is 3.10. The monoisotopic (exact) mass is 415 g/mol. The van der Waals surface area contributed by atoms with E-state index in [9.17, 15) is 0 Å². The van der Waals surface area contributed by atoms with Crippen LogP contribution in [0.15, 0.2) is 38.6 Å². The van der Waals surface area contributed by atoms with E-state index < -0.39 is 0 Å². The van der Waals surface area contributed by atoms with E-state index in [1.54, 1.807) is 11.3 Å². The van der Waals surface area contributed by atoms with Gasteiger partial charge in [-0.1, -0.05) is 28.9 Å². The highest BCUT2D eigenvalue weighted by Gasteiger charge is 2.29. The molecular formula is C15H15Br2NOS. The first-order valence-electron chi connectivity index (χ1n) is 6.62. The Labute approximate surface area is 139 Å². The molecular weight excluding hydrogens is 402 g/mol. The predicted octanol–water partition coefficient (Wildman–Crippen LogP) is 5.45. The standard InChI is InChI=1S/C15H15Br2NOS/c1-2-18-11-8-13(14-5-6-15(17)20-14)19-12-7-9(16)3-4-10(11)12/h3-7,11,13,18H,2,8H2,1H3. The van der Waals surface area contributed by atoms with Gasteiger partial charge in [0.1, 0.15) is 11.9 Å². The average molecular weight is 417 g/mol. The van der Waals surface area contributed by atoms with Crippen molar-refractivity contribution in [2.75, 3.05) is 6.54 Å². The Bertz CT molecular complexity index is 614. The van der Waals surface area contributed by atoms with Crippen LogP contribution in [0.2, 0.25) is 0 Å². The molecule has 2 atom stereocenters. The van der Waals surface area contributed by atoms with Crippen LogP contribution in [0.1, 0.15) is 35.9 Å². The average Bonchev–Trinajstić information content (AvgIpc) is 2.85. The molecule has 0 radical (unpaired) electrons. The fourth-order valence-corrected chi connectivity index (χ4v) is 4.36. The van der Waals surface area contributed by atoms with Crippen molar-refractivity contribution in [3.8, 4) is 5.75 Å². The van der Waals surface area contributed by atoms with Gasteiger partial charge >= 0.3 is 0 Å². The maximum absolute atomic E-state index is 6.21. The number of fused-ring (bicyclic) bond motifs is 1. The van der Waals surface area contributed by atoms with Crippen LogP contribution in [-0.4, -0.2) is 6.54 Å². The molecule has 2 nitrogen and oxygen atoms in total. The molecule has 1 aromatic carbocycles. The van der Waals surface area contributed by atoms with Crippen molar-refractivity contribution in [2.24, 2.45) is 0 Å². The highest BCUT2D eigenvalue weighted by molar-refractivity contribution is 9.11. The number of hydrogen-bond donors (Lipinski definition) is 1. The number of hydrogen-bond acceptors (Lipinski definition) is 3. The number of benzene rings is 1. The third-order valence-electron chi connectivity index (χ3n) is 3.43. The van der Waals surface area contributed by atoms with Crippen LogP contribution in [0.3, 0.4) is 0 Å². The number of ether oxygens (including phenoxy) is 1. The van der Waals surface area contributed by atoms with Gasteiger partial charge in [-0.3, -0.25) is 0 Å². The van der Waals surface area contributed by atoms with Crippen LogP contribution in [-0.2, 0) is 0 Å². The zero-order valence-electron chi connectivity index (χ0n) is 11.0. The van der Waals surface area contributed by atoms with Gasteiger partial charge in [-0.2, -0.15) is 0 Å². The lowest BCUT2D eigenvalue weighted by Crippen LogP contribution is -2.28. The van der Waals surface area contributed by atoms with Crippen molar-refractivity contribution in [3.63, 3.8) is 0 Å². The second-order valence-corrected chi connectivity index (χ2v) is 8.19. The first kappa shape index (κ1) is 14.6. The molecule has 5 heteroatoms. The summed E-state index contributed by atoms with van der Waals surface area (Å²) in [5, 5.41) is 3.56. The van der Waals surface area contributed by atoms with Crippen LogP contribution in [0.25, 0.3) is 0 Å². The molecule has 1 N–H and O–H groups in total. The third-order valence-corrected chi connectivity index (χ3v) is 5.64. The molecule has 1 aliphatic heterocycles. The fourth-order valence-electron chi connectivity index (χ4n) is 2.56. The number of rotatable bonds is 3. The summed E-state index contributed by atoms with van der Waals surface area (Å²) >= 11 is 8.80. The van der Waals surface area contributed by atoms with Crippen LogP contribution in [0.5, 0.6) is 5.75 Å². The summed E-state index contributed by atoms with van der Waals surface area (Å²) in [5.74, 6) is 0.978. The Morgan fingerprint density at radius 3 is 2.85 bits per heavy atom. The highest BCUT2D eigenvalue weighted by Crippen LogP contribution is 2.43. The Kier molecular flexibility index (Phi) is 4.50. The maximum Gasteiger partial charge on any atom is 0.135 e. The third kappa shape index (κ3) is 2.96. The molecule has 0 saturated heterocycles. The van der Waals surface area contributed by atoms with E-state index in [1.807, 2.05) is 0 Å². The fraction of sp³-hybridized carbons (Fsp3) is 0.333. The van der Waals surface area contributed by atoms with E-state index >= 15 is 0 Å². The summed E-state index contributed by atoms with van der Waals surface area (Å²) in [6.07, 6.45) is 1.09. The number of nitrogens with one attached hydrogen (secondary N) is 1. The zero-order valence-corrected chi connectivity index (χ0v) is 15.0. The Morgan fingerprint density at radius 1 is 1.30 bits per heavy atom. The predicted molar refractivity (Wildman–Crippen MR) is 90.6 cm³/mol. The normalized spacial score (nSPS) is 21.4. The van der Waals surface area contributed by atoms with E-state index in [4.69, 9.17) is 4.74 Å². The van der Waals surface area contributed by atoms with Gasteiger partial charge in [-0.05, 0) is 46.7 Å².